The molecule has 1 aliphatic heterocycles. The van der Waals surface area contributed by atoms with Gasteiger partial charge in [-0.25, -0.2) is 0 Å². The Hall–Kier alpha value is -1.26. The molecule has 4 nitrogen and oxygen atoms in total. The van der Waals surface area contributed by atoms with Crippen LogP contribution in [0.2, 0.25) is 10.0 Å². The number of hydrogen-bond donors (Lipinski definition) is 1. The molecule has 108 valence electrons. The van der Waals surface area contributed by atoms with Gasteiger partial charge in [0.2, 0.25) is 5.91 Å². The predicted molar refractivity (Wildman–Crippen MR) is 79.2 cm³/mol. The molecule has 1 saturated heterocycles. The maximum absolute atomic E-state index is 12.1. The Labute approximate surface area is 128 Å². The molecule has 6 heteroatoms. The van der Waals surface area contributed by atoms with Crippen LogP contribution in [0.25, 0.3) is 0 Å². The van der Waals surface area contributed by atoms with Crippen LogP contribution in [0.3, 0.4) is 0 Å². The van der Waals surface area contributed by atoms with E-state index in [-0.39, 0.29) is 17.9 Å². The van der Waals surface area contributed by atoms with E-state index < -0.39 is 0 Å². The Bertz CT molecular complexity index is 534. The first-order valence-corrected chi connectivity index (χ1v) is 7.26. The summed E-state index contributed by atoms with van der Waals surface area (Å²) in [5.74, 6) is -0.0663. The van der Waals surface area contributed by atoms with Crippen molar-refractivity contribution >= 4 is 35.0 Å². The number of benzene rings is 1. The smallest absolute Gasteiger partial charge is 0.251 e. The van der Waals surface area contributed by atoms with Gasteiger partial charge in [-0.3, -0.25) is 9.59 Å². The summed E-state index contributed by atoms with van der Waals surface area (Å²) in [4.78, 5) is 25.4. The number of nitrogens with zero attached hydrogens (tertiary/aromatic N) is 1. The molecule has 2 rings (SSSR count). The van der Waals surface area contributed by atoms with Crippen LogP contribution in [0, 0.1) is 0 Å². The number of hydrogen-bond acceptors (Lipinski definition) is 2. The predicted octanol–water partition coefficient (Wildman–Crippen LogP) is 2.73. The molecule has 1 atom stereocenters. The summed E-state index contributed by atoms with van der Waals surface area (Å²) in [7, 11) is 0. The summed E-state index contributed by atoms with van der Waals surface area (Å²) >= 11 is 11.7. The van der Waals surface area contributed by atoms with E-state index in [4.69, 9.17) is 23.2 Å². The fraction of sp³-hybridized carbons (Fsp3) is 0.429. The van der Waals surface area contributed by atoms with E-state index in [1.54, 1.807) is 17.0 Å². The zero-order valence-electron chi connectivity index (χ0n) is 11.2. The lowest BCUT2D eigenvalue weighted by Gasteiger charge is -2.21. The highest BCUT2D eigenvalue weighted by Crippen LogP contribution is 2.22. The quantitative estimate of drug-likeness (QED) is 0.929. The standard InChI is InChI=1S/C14H16Cl2N2O2/c1-9(8-18-6-2-3-13(18)19)17-14(20)10-4-5-11(15)12(16)7-10/h4-5,7,9H,2-3,6,8H2,1H3,(H,17,20)/t9-/m0/s1. The Morgan fingerprint density at radius 3 is 2.75 bits per heavy atom. The van der Waals surface area contributed by atoms with Gasteiger partial charge in [-0.15, -0.1) is 0 Å². The molecule has 20 heavy (non-hydrogen) atoms. The first kappa shape index (κ1) is 15.1. The number of carbonyl (C=O) groups is 2. The van der Waals surface area contributed by atoms with Gasteiger partial charge in [-0.2, -0.15) is 0 Å². The van der Waals surface area contributed by atoms with Gasteiger partial charge in [0.25, 0.3) is 5.91 Å². The third-order valence-electron chi connectivity index (χ3n) is 3.22. The molecule has 1 aromatic rings. The minimum Gasteiger partial charge on any atom is -0.348 e. The summed E-state index contributed by atoms with van der Waals surface area (Å²) in [6.07, 6.45) is 1.50. The van der Waals surface area contributed by atoms with Gasteiger partial charge in [0.05, 0.1) is 10.0 Å². The van der Waals surface area contributed by atoms with E-state index in [0.717, 1.165) is 13.0 Å². The number of nitrogens with one attached hydrogen (secondary N) is 1. The van der Waals surface area contributed by atoms with E-state index in [1.165, 1.54) is 6.07 Å². The van der Waals surface area contributed by atoms with Crippen LogP contribution < -0.4 is 5.32 Å². The Balaban J connectivity index is 1.93. The third kappa shape index (κ3) is 3.64. The summed E-state index contributed by atoms with van der Waals surface area (Å²) < 4.78 is 0. The second kappa shape index (κ2) is 6.46. The van der Waals surface area contributed by atoms with Gasteiger partial charge in [0.1, 0.15) is 0 Å². The largest absolute Gasteiger partial charge is 0.348 e. The highest BCUT2D eigenvalue weighted by Gasteiger charge is 2.22. The molecule has 0 unspecified atom stereocenters. The molecule has 0 radical (unpaired) electrons. The lowest BCUT2D eigenvalue weighted by Crippen LogP contribution is -2.42. The third-order valence-corrected chi connectivity index (χ3v) is 3.96. The zero-order chi connectivity index (χ0) is 14.7. The lowest BCUT2D eigenvalue weighted by atomic mass is 10.2. The maximum atomic E-state index is 12.1. The average molecular weight is 315 g/mol. The topological polar surface area (TPSA) is 49.4 Å². The number of carbonyl (C=O) groups excluding carboxylic acids is 2. The van der Waals surface area contributed by atoms with Crippen LogP contribution in [0.15, 0.2) is 18.2 Å². The van der Waals surface area contributed by atoms with Crippen molar-refractivity contribution in [2.24, 2.45) is 0 Å². The highest BCUT2D eigenvalue weighted by atomic mass is 35.5. The second-order valence-corrected chi connectivity index (χ2v) is 5.76. The van der Waals surface area contributed by atoms with Gasteiger partial charge in [-0.1, -0.05) is 23.2 Å². The summed E-state index contributed by atoms with van der Waals surface area (Å²) in [6, 6.07) is 4.64. The summed E-state index contributed by atoms with van der Waals surface area (Å²) in [6.45, 7) is 3.18. The average Bonchev–Trinajstić information content (AvgIpc) is 2.78. The van der Waals surface area contributed by atoms with Gasteiger partial charge >= 0.3 is 0 Å². The van der Waals surface area contributed by atoms with E-state index >= 15 is 0 Å². The molecule has 0 aliphatic carbocycles. The van der Waals surface area contributed by atoms with Crippen LogP contribution in [0.1, 0.15) is 30.1 Å². The molecule has 0 spiro atoms. The fourth-order valence-electron chi connectivity index (χ4n) is 2.22. The molecular formula is C14H16Cl2N2O2. The number of likely N-dealkylation sites (tertiary alicyclic amines) is 1. The lowest BCUT2D eigenvalue weighted by molar-refractivity contribution is -0.127. The molecule has 1 fully saturated rings. The minimum atomic E-state index is -0.220. The van der Waals surface area contributed by atoms with Crippen molar-refractivity contribution < 1.29 is 9.59 Å². The van der Waals surface area contributed by atoms with Crippen molar-refractivity contribution in [2.75, 3.05) is 13.1 Å². The van der Waals surface area contributed by atoms with Crippen molar-refractivity contribution in [1.29, 1.82) is 0 Å². The molecule has 2 amide bonds. The van der Waals surface area contributed by atoms with Crippen molar-refractivity contribution in [3.63, 3.8) is 0 Å². The number of amides is 2. The normalized spacial score (nSPS) is 16.4. The van der Waals surface area contributed by atoms with Gasteiger partial charge in [0, 0.05) is 31.1 Å². The Kier molecular flexibility index (Phi) is 4.89. The summed E-state index contributed by atoms with van der Waals surface area (Å²) in [5.41, 5.74) is 0.457. The SMILES string of the molecule is C[C@@H](CN1CCCC1=O)NC(=O)c1ccc(Cl)c(Cl)c1. The molecule has 1 N–H and O–H groups in total. The van der Waals surface area contributed by atoms with Crippen LogP contribution in [-0.4, -0.2) is 35.8 Å². The van der Waals surface area contributed by atoms with Gasteiger partial charge in [-0.05, 0) is 31.5 Å². The Morgan fingerprint density at radius 1 is 1.40 bits per heavy atom. The van der Waals surface area contributed by atoms with Crippen LogP contribution in [0.4, 0.5) is 0 Å². The van der Waals surface area contributed by atoms with Gasteiger partial charge < -0.3 is 10.2 Å². The molecular weight excluding hydrogens is 299 g/mol. The number of halogens is 2. The molecule has 1 aromatic carbocycles. The van der Waals surface area contributed by atoms with Crippen molar-refractivity contribution in [3.05, 3.63) is 33.8 Å². The summed E-state index contributed by atoms with van der Waals surface area (Å²) in [5, 5.41) is 3.62. The zero-order valence-corrected chi connectivity index (χ0v) is 12.7. The van der Waals surface area contributed by atoms with E-state index in [9.17, 15) is 9.59 Å². The minimum absolute atomic E-state index is 0.112. The van der Waals surface area contributed by atoms with Crippen molar-refractivity contribution in [3.8, 4) is 0 Å². The van der Waals surface area contributed by atoms with Crippen LogP contribution in [0.5, 0.6) is 0 Å². The van der Waals surface area contributed by atoms with Crippen molar-refractivity contribution in [2.45, 2.75) is 25.8 Å². The first-order valence-electron chi connectivity index (χ1n) is 6.51. The van der Waals surface area contributed by atoms with Crippen molar-refractivity contribution in [1.82, 2.24) is 10.2 Å². The van der Waals surface area contributed by atoms with Crippen LogP contribution in [-0.2, 0) is 4.79 Å². The molecule has 1 heterocycles. The molecule has 0 bridgehead atoms. The first-order chi connectivity index (χ1) is 9.47. The highest BCUT2D eigenvalue weighted by molar-refractivity contribution is 6.42. The fourth-order valence-corrected chi connectivity index (χ4v) is 2.52. The molecule has 0 saturated carbocycles. The van der Waals surface area contributed by atoms with Crippen LogP contribution >= 0.6 is 23.2 Å². The second-order valence-electron chi connectivity index (χ2n) is 4.95. The van der Waals surface area contributed by atoms with Gasteiger partial charge in [0.15, 0.2) is 0 Å². The van der Waals surface area contributed by atoms with E-state index in [0.29, 0.717) is 28.6 Å². The monoisotopic (exact) mass is 314 g/mol. The maximum Gasteiger partial charge on any atom is 0.251 e. The molecule has 0 aromatic heterocycles. The Morgan fingerprint density at radius 2 is 2.15 bits per heavy atom. The number of rotatable bonds is 4. The molecule has 1 aliphatic rings. The van der Waals surface area contributed by atoms with E-state index in [2.05, 4.69) is 5.32 Å². The van der Waals surface area contributed by atoms with E-state index in [1.807, 2.05) is 6.92 Å².